The lowest BCUT2D eigenvalue weighted by atomic mass is 10.2. The molecule has 0 fully saturated rings. The molecular formula is C15H9ClN4OS. The minimum atomic E-state index is 0.599. The van der Waals surface area contributed by atoms with Crippen LogP contribution in [0.15, 0.2) is 47.1 Å². The van der Waals surface area contributed by atoms with Crippen molar-refractivity contribution in [3.8, 4) is 11.6 Å². The zero-order valence-electron chi connectivity index (χ0n) is 11.2. The number of hydrogen-bond donors (Lipinski definition) is 0. The molecule has 0 amide bonds. The second-order valence-electron chi connectivity index (χ2n) is 4.52. The summed E-state index contributed by atoms with van der Waals surface area (Å²) >= 11 is 7.33. The molecule has 3 heterocycles. The van der Waals surface area contributed by atoms with Crippen LogP contribution in [0.1, 0.15) is 10.6 Å². The predicted molar refractivity (Wildman–Crippen MR) is 86.7 cm³/mol. The molecule has 0 saturated carbocycles. The van der Waals surface area contributed by atoms with E-state index in [1.165, 1.54) is 11.3 Å². The van der Waals surface area contributed by atoms with Crippen LogP contribution >= 0.6 is 22.9 Å². The lowest BCUT2D eigenvalue weighted by molar-refractivity contribution is 0.575. The molecule has 108 valence electrons. The number of furan rings is 1. The van der Waals surface area contributed by atoms with Gasteiger partial charge in [0.1, 0.15) is 5.01 Å². The van der Waals surface area contributed by atoms with Crippen molar-refractivity contribution in [3.63, 3.8) is 0 Å². The molecule has 0 radical (unpaired) electrons. The summed E-state index contributed by atoms with van der Waals surface area (Å²) in [6, 6.07) is 11.3. The number of halogens is 1. The average molecular weight is 329 g/mol. The first kappa shape index (κ1) is 13.2. The molecule has 22 heavy (non-hydrogen) atoms. The van der Waals surface area contributed by atoms with Crippen LogP contribution in [0, 0.1) is 0 Å². The van der Waals surface area contributed by atoms with E-state index in [9.17, 15) is 0 Å². The molecule has 0 saturated heterocycles. The molecule has 1 aromatic carbocycles. The van der Waals surface area contributed by atoms with E-state index < -0.39 is 0 Å². The van der Waals surface area contributed by atoms with Crippen molar-refractivity contribution in [3.05, 3.63) is 58.3 Å². The highest BCUT2D eigenvalue weighted by Crippen LogP contribution is 2.23. The third kappa shape index (κ3) is 2.43. The molecule has 4 rings (SSSR count). The average Bonchev–Trinajstić information content (AvgIpc) is 3.22. The zero-order chi connectivity index (χ0) is 14.9. The number of rotatable bonds is 3. The number of fused-ring (bicyclic) bond motifs is 1. The Hall–Kier alpha value is -2.44. The van der Waals surface area contributed by atoms with Gasteiger partial charge in [0.15, 0.2) is 5.76 Å². The molecule has 0 atom stereocenters. The lowest BCUT2D eigenvalue weighted by Crippen LogP contribution is -1.89. The third-order valence-electron chi connectivity index (χ3n) is 3.04. The van der Waals surface area contributed by atoms with Gasteiger partial charge in [0.25, 0.3) is 0 Å². The van der Waals surface area contributed by atoms with Gasteiger partial charge in [0.2, 0.25) is 10.8 Å². The fraction of sp³-hybridized carbons (Fsp3) is 0. The van der Waals surface area contributed by atoms with Gasteiger partial charge in [0, 0.05) is 5.02 Å². The molecule has 0 spiro atoms. The molecule has 3 aromatic heterocycles. The quantitative estimate of drug-likeness (QED) is 0.563. The van der Waals surface area contributed by atoms with Gasteiger partial charge in [-0.15, -0.1) is 10.2 Å². The van der Waals surface area contributed by atoms with Crippen LogP contribution < -0.4 is 0 Å². The third-order valence-corrected chi connectivity index (χ3v) is 4.15. The maximum Gasteiger partial charge on any atom is 0.235 e. The largest absolute Gasteiger partial charge is 0.461 e. The van der Waals surface area contributed by atoms with Gasteiger partial charge in [-0.1, -0.05) is 41.1 Å². The van der Waals surface area contributed by atoms with Crippen molar-refractivity contribution in [2.24, 2.45) is 0 Å². The van der Waals surface area contributed by atoms with E-state index in [1.54, 1.807) is 10.8 Å². The van der Waals surface area contributed by atoms with E-state index in [2.05, 4.69) is 15.3 Å². The predicted octanol–water partition coefficient (Wildman–Crippen LogP) is 4.27. The Morgan fingerprint density at radius 3 is 2.73 bits per heavy atom. The Balaban J connectivity index is 1.67. The van der Waals surface area contributed by atoms with E-state index in [-0.39, 0.29) is 0 Å². The summed E-state index contributed by atoms with van der Waals surface area (Å²) < 4.78 is 7.03. The molecular weight excluding hydrogens is 320 g/mol. The van der Waals surface area contributed by atoms with Gasteiger partial charge in [-0.05, 0) is 35.9 Å². The van der Waals surface area contributed by atoms with E-state index in [4.69, 9.17) is 16.0 Å². The lowest BCUT2D eigenvalue weighted by Gasteiger charge is -1.92. The Morgan fingerprint density at radius 2 is 1.95 bits per heavy atom. The molecule has 5 nitrogen and oxygen atoms in total. The minimum absolute atomic E-state index is 0.599. The fourth-order valence-electron chi connectivity index (χ4n) is 2.00. The highest BCUT2D eigenvalue weighted by Gasteiger charge is 2.14. The summed E-state index contributed by atoms with van der Waals surface area (Å²) in [5.74, 6) is 1.24. The molecule has 7 heteroatoms. The molecule has 0 N–H and O–H groups in total. The van der Waals surface area contributed by atoms with Crippen LogP contribution in [0.3, 0.4) is 0 Å². The van der Waals surface area contributed by atoms with Crippen LogP contribution in [-0.2, 0) is 0 Å². The second kappa shape index (κ2) is 5.40. The van der Waals surface area contributed by atoms with Gasteiger partial charge < -0.3 is 4.42 Å². The summed E-state index contributed by atoms with van der Waals surface area (Å²) in [5, 5.41) is 14.3. The monoisotopic (exact) mass is 328 g/mol. The van der Waals surface area contributed by atoms with Crippen LogP contribution in [0.2, 0.25) is 5.02 Å². The van der Waals surface area contributed by atoms with Crippen LogP contribution in [0.25, 0.3) is 28.7 Å². The van der Waals surface area contributed by atoms with E-state index in [0.29, 0.717) is 11.6 Å². The molecule has 0 bridgehead atoms. The van der Waals surface area contributed by atoms with Crippen LogP contribution in [0.5, 0.6) is 0 Å². The maximum absolute atomic E-state index is 5.87. The van der Waals surface area contributed by atoms with E-state index in [1.807, 2.05) is 48.6 Å². The van der Waals surface area contributed by atoms with E-state index in [0.717, 1.165) is 20.6 Å². The fourth-order valence-corrected chi connectivity index (χ4v) is 2.87. The molecule has 4 aromatic rings. The van der Waals surface area contributed by atoms with Crippen molar-refractivity contribution >= 4 is 40.1 Å². The van der Waals surface area contributed by atoms with Crippen LogP contribution in [0.4, 0.5) is 0 Å². The molecule has 0 unspecified atom stereocenters. The first-order valence-electron chi connectivity index (χ1n) is 6.49. The van der Waals surface area contributed by atoms with Gasteiger partial charge in [-0.25, -0.2) is 0 Å². The topological polar surface area (TPSA) is 56.2 Å². The van der Waals surface area contributed by atoms with Crippen molar-refractivity contribution in [2.75, 3.05) is 0 Å². The van der Waals surface area contributed by atoms with Gasteiger partial charge >= 0.3 is 0 Å². The van der Waals surface area contributed by atoms with Gasteiger partial charge in [-0.2, -0.15) is 9.61 Å². The smallest absolute Gasteiger partial charge is 0.235 e. The number of benzene rings is 1. The SMILES string of the molecule is Clc1ccc(/C=C/c2nn3c(-c4ccco4)nnc3s2)cc1. The van der Waals surface area contributed by atoms with Crippen molar-refractivity contribution in [1.82, 2.24) is 19.8 Å². The van der Waals surface area contributed by atoms with Crippen molar-refractivity contribution < 1.29 is 4.42 Å². The second-order valence-corrected chi connectivity index (χ2v) is 5.94. The molecule has 0 aliphatic carbocycles. The summed E-state index contributed by atoms with van der Waals surface area (Å²) in [7, 11) is 0. The Labute approximate surface area is 134 Å². The van der Waals surface area contributed by atoms with E-state index >= 15 is 0 Å². The highest BCUT2D eigenvalue weighted by atomic mass is 35.5. The summed E-state index contributed by atoms with van der Waals surface area (Å²) in [5.41, 5.74) is 1.06. The number of aromatic nitrogens is 4. The summed E-state index contributed by atoms with van der Waals surface area (Å²) in [6.45, 7) is 0. The summed E-state index contributed by atoms with van der Waals surface area (Å²) in [4.78, 5) is 0.724. The normalized spacial score (nSPS) is 11.7. The minimum Gasteiger partial charge on any atom is -0.461 e. The Morgan fingerprint density at radius 1 is 1.09 bits per heavy atom. The molecule has 0 aliphatic rings. The summed E-state index contributed by atoms with van der Waals surface area (Å²) in [6.07, 6.45) is 5.52. The standard InChI is InChI=1S/C15H9ClN4OS/c16-11-6-3-10(4-7-11)5-8-13-19-20-14(12-2-1-9-21-12)17-18-15(20)22-13/h1-9H/b8-5+. The van der Waals surface area contributed by atoms with Crippen molar-refractivity contribution in [1.29, 1.82) is 0 Å². The Kier molecular flexibility index (Phi) is 3.25. The van der Waals surface area contributed by atoms with Crippen molar-refractivity contribution in [2.45, 2.75) is 0 Å². The zero-order valence-corrected chi connectivity index (χ0v) is 12.8. The number of hydrogen-bond acceptors (Lipinski definition) is 5. The first-order chi connectivity index (χ1) is 10.8. The molecule has 0 aliphatic heterocycles. The first-order valence-corrected chi connectivity index (χ1v) is 7.69. The maximum atomic E-state index is 5.87. The van der Waals surface area contributed by atoms with Gasteiger partial charge in [0.05, 0.1) is 6.26 Å². The van der Waals surface area contributed by atoms with Crippen LogP contribution in [-0.4, -0.2) is 19.8 Å². The Bertz CT molecular complexity index is 938. The van der Waals surface area contributed by atoms with Gasteiger partial charge in [-0.3, -0.25) is 0 Å². The number of nitrogens with zero attached hydrogens (tertiary/aromatic N) is 4. The highest BCUT2D eigenvalue weighted by molar-refractivity contribution is 7.17.